The lowest BCUT2D eigenvalue weighted by molar-refractivity contribution is 0.0830. The number of allylic oxidation sites excluding steroid dienone is 5. The van der Waals surface area contributed by atoms with Crippen molar-refractivity contribution >= 4 is 11.6 Å². The summed E-state index contributed by atoms with van der Waals surface area (Å²) in [6.07, 6.45) is 15.8. The summed E-state index contributed by atoms with van der Waals surface area (Å²) in [6.45, 7) is 6.46. The second kappa shape index (κ2) is 9.84. The summed E-state index contributed by atoms with van der Waals surface area (Å²) in [5.74, 6) is -0.906. The molecular formula is C26H29FN6O. The molecule has 1 aromatic carbocycles. The summed E-state index contributed by atoms with van der Waals surface area (Å²) in [5, 5.41) is 3.29. The van der Waals surface area contributed by atoms with Gasteiger partial charge in [0.1, 0.15) is 17.8 Å². The van der Waals surface area contributed by atoms with Crippen LogP contribution in [-0.4, -0.2) is 35.5 Å². The van der Waals surface area contributed by atoms with Crippen molar-refractivity contribution < 1.29 is 9.18 Å². The van der Waals surface area contributed by atoms with Gasteiger partial charge in [0, 0.05) is 37.8 Å². The van der Waals surface area contributed by atoms with Crippen molar-refractivity contribution in [1.29, 1.82) is 0 Å². The van der Waals surface area contributed by atoms with Crippen LogP contribution in [0.25, 0.3) is 5.70 Å². The van der Waals surface area contributed by atoms with Crippen LogP contribution in [0.3, 0.4) is 0 Å². The van der Waals surface area contributed by atoms with Crippen molar-refractivity contribution in [2.45, 2.75) is 19.5 Å². The Bertz CT molecular complexity index is 1190. The summed E-state index contributed by atoms with van der Waals surface area (Å²) < 4.78 is 15.1. The van der Waals surface area contributed by atoms with E-state index in [2.05, 4.69) is 39.8 Å². The smallest absolute Gasteiger partial charge is 0.262 e. The van der Waals surface area contributed by atoms with Gasteiger partial charge in [0.25, 0.3) is 5.91 Å². The van der Waals surface area contributed by atoms with Gasteiger partial charge in [0.05, 0.1) is 11.3 Å². The Hall–Kier alpha value is -4.04. The average molecular weight is 461 g/mol. The predicted molar refractivity (Wildman–Crippen MR) is 133 cm³/mol. The summed E-state index contributed by atoms with van der Waals surface area (Å²) in [7, 11) is 1.52. The Labute approximate surface area is 199 Å². The maximum Gasteiger partial charge on any atom is 0.262 e. The summed E-state index contributed by atoms with van der Waals surface area (Å²) in [4.78, 5) is 16.2. The molecule has 3 aliphatic heterocycles. The zero-order chi connectivity index (χ0) is 24.2. The van der Waals surface area contributed by atoms with Crippen molar-refractivity contribution in [1.82, 2.24) is 26.0 Å². The molecule has 1 aromatic rings. The Morgan fingerprint density at radius 3 is 2.85 bits per heavy atom. The van der Waals surface area contributed by atoms with Crippen molar-refractivity contribution in [3.05, 3.63) is 113 Å². The molecule has 0 fully saturated rings. The second-order valence-electron chi connectivity index (χ2n) is 8.11. The third kappa shape index (κ3) is 4.53. The molecule has 0 saturated heterocycles. The fraction of sp³-hybridized carbons (Fsp3) is 0.192. The monoisotopic (exact) mass is 460 g/mol. The molecule has 1 atom stereocenters. The summed E-state index contributed by atoms with van der Waals surface area (Å²) in [6, 6.07) is 4.63. The second-order valence-corrected chi connectivity index (χ2v) is 8.11. The molecule has 0 radical (unpaired) electrons. The van der Waals surface area contributed by atoms with Gasteiger partial charge in [0.15, 0.2) is 0 Å². The minimum Gasteiger partial charge on any atom is -0.385 e. The summed E-state index contributed by atoms with van der Waals surface area (Å²) in [5.41, 5.74) is 16.7. The van der Waals surface area contributed by atoms with E-state index in [1.54, 1.807) is 24.3 Å². The zero-order valence-electron chi connectivity index (χ0n) is 19.3. The highest BCUT2D eigenvalue weighted by atomic mass is 19.1. The Morgan fingerprint density at radius 1 is 1.35 bits per heavy atom. The first-order valence-electron chi connectivity index (χ1n) is 11.1. The normalized spacial score (nSPS) is 19.6. The van der Waals surface area contributed by atoms with Gasteiger partial charge in [-0.2, -0.15) is 0 Å². The van der Waals surface area contributed by atoms with Gasteiger partial charge in [-0.3, -0.25) is 9.69 Å². The number of hydrazine groups is 1. The first-order valence-corrected chi connectivity index (χ1v) is 11.1. The molecule has 8 heteroatoms. The highest BCUT2D eigenvalue weighted by Gasteiger charge is 2.28. The highest BCUT2D eigenvalue weighted by molar-refractivity contribution is 5.95. The van der Waals surface area contributed by atoms with Crippen molar-refractivity contribution in [3.63, 3.8) is 0 Å². The minimum atomic E-state index is -0.606. The van der Waals surface area contributed by atoms with E-state index in [4.69, 9.17) is 5.73 Å². The number of rotatable bonds is 7. The first kappa shape index (κ1) is 23.1. The number of amides is 1. The molecule has 3 heterocycles. The van der Waals surface area contributed by atoms with Crippen LogP contribution in [-0.2, 0) is 0 Å². The lowest BCUT2D eigenvalue weighted by Gasteiger charge is -2.28. The molecule has 176 valence electrons. The van der Waals surface area contributed by atoms with Crippen LogP contribution in [0, 0.1) is 5.82 Å². The molecule has 34 heavy (non-hydrogen) atoms. The quantitative estimate of drug-likeness (QED) is 0.468. The van der Waals surface area contributed by atoms with Gasteiger partial charge < -0.3 is 21.4 Å². The molecule has 0 aromatic heterocycles. The number of fused-ring (bicyclic) bond motifs is 1. The van der Waals surface area contributed by atoms with E-state index in [1.165, 1.54) is 24.1 Å². The van der Waals surface area contributed by atoms with Crippen LogP contribution in [0.1, 0.15) is 29.3 Å². The lowest BCUT2D eigenvalue weighted by Crippen LogP contribution is -2.33. The van der Waals surface area contributed by atoms with Crippen LogP contribution in [0.2, 0.25) is 0 Å². The molecule has 5 N–H and O–H groups in total. The third-order valence-corrected chi connectivity index (χ3v) is 6.03. The van der Waals surface area contributed by atoms with Crippen LogP contribution in [0.5, 0.6) is 0 Å². The van der Waals surface area contributed by atoms with Gasteiger partial charge in [-0.05, 0) is 47.4 Å². The van der Waals surface area contributed by atoms with E-state index in [9.17, 15) is 4.79 Å². The number of carbonyl (C=O) groups is 1. The average Bonchev–Trinajstić information content (AvgIpc) is 3.53. The van der Waals surface area contributed by atoms with Gasteiger partial charge in [-0.15, -0.1) is 0 Å². The van der Waals surface area contributed by atoms with E-state index in [-0.39, 0.29) is 17.6 Å². The molecule has 0 spiro atoms. The van der Waals surface area contributed by atoms with Crippen LogP contribution < -0.4 is 21.9 Å². The number of hydrogen-bond donors (Lipinski definition) is 4. The minimum absolute atomic E-state index is 0.0428. The van der Waals surface area contributed by atoms with Crippen molar-refractivity contribution in [2.24, 2.45) is 5.73 Å². The van der Waals surface area contributed by atoms with E-state index < -0.39 is 11.7 Å². The molecule has 0 bridgehead atoms. The number of halogens is 1. The highest BCUT2D eigenvalue weighted by Crippen LogP contribution is 2.32. The number of nitrogens with zero attached hydrogens (tertiary/aromatic N) is 2. The maximum absolute atomic E-state index is 15.1. The Balaban J connectivity index is 1.54. The molecule has 1 unspecified atom stereocenters. The molecule has 0 saturated carbocycles. The lowest BCUT2D eigenvalue weighted by atomic mass is 10.0. The maximum atomic E-state index is 15.1. The number of hydrogen-bond acceptors (Lipinski definition) is 6. The SMILES string of the molecule is C=C/C(=C\C=C(/N)N(C)C(=O)c1ccc(C2=CNC3C=CC(C4=CNNC4)=CN23)cc1F)CC. The van der Waals surface area contributed by atoms with Gasteiger partial charge in [-0.25, -0.2) is 9.82 Å². The molecular weight excluding hydrogens is 431 g/mol. The fourth-order valence-corrected chi connectivity index (χ4v) is 3.88. The fourth-order valence-electron chi connectivity index (χ4n) is 3.88. The van der Waals surface area contributed by atoms with Gasteiger partial charge in [0.2, 0.25) is 0 Å². The van der Waals surface area contributed by atoms with E-state index in [0.717, 1.165) is 35.4 Å². The largest absolute Gasteiger partial charge is 0.385 e. The topological polar surface area (TPSA) is 85.7 Å². The number of nitrogens with one attached hydrogen (secondary N) is 3. The van der Waals surface area contributed by atoms with E-state index in [1.807, 2.05) is 25.5 Å². The first-order chi connectivity index (χ1) is 16.4. The summed E-state index contributed by atoms with van der Waals surface area (Å²) >= 11 is 0. The molecule has 7 nitrogen and oxygen atoms in total. The van der Waals surface area contributed by atoms with Crippen molar-refractivity contribution in [3.8, 4) is 0 Å². The van der Waals surface area contributed by atoms with Crippen LogP contribution >= 0.6 is 0 Å². The number of carbonyl (C=O) groups excluding carboxylic acids is 1. The number of benzene rings is 1. The van der Waals surface area contributed by atoms with Gasteiger partial charge in [-0.1, -0.05) is 37.8 Å². The Kier molecular flexibility index (Phi) is 6.70. The number of nitrogens with two attached hydrogens (primary N) is 1. The van der Waals surface area contributed by atoms with Crippen LogP contribution in [0.4, 0.5) is 4.39 Å². The van der Waals surface area contributed by atoms with Crippen molar-refractivity contribution in [2.75, 3.05) is 13.6 Å². The zero-order valence-corrected chi connectivity index (χ0v) is 19.3. The molecule has 0 aliphatic carbocycles. The van der Waals surface area contributed by atoms with E-state index >= 15 is 4.39 Å². The predicted octanol–water partition coefficient (Wildman–Crippen LogP) is 3.20. The Morgan fingerprint density at radius 2 is 2.18 bits per heavy atom. The molecule has 1 amide bonds. The third-order valence-electron chi connectivity index (χ3n) is 6.03. The molecule has 4 rings (SSSR count). The van der Waals surface area contributed by atoms with E-state index in [0.29, 0.717) is 5.56 Å². The standard InChI is InChI=1S/C26H29FN6O/c1-4-17(5-2)6-10-24(28)32(3)26(34)21-9-7-18(12-22(21)27)23-15-29-25-11-8-19(16-33(23)25)20-13-30-31-14-20/h4,6-13,15-16,25,29-31H,1,5,14,28H2,2-3H3/b17-6+,24-10+. The molecule has 3 aliphatic rings. The van der Waals surface area contributed by atoms with Gasteiger partial charge >= 0.3 is 0 Å². The van der Waals surface area contributed by atoms with Crippen LogP contribution in [0.15, 0.2) is 96.3 Å².